The molecule has 33 heavy (non-hydrogen) atoms. The maximum atomic E-state index is 13.4. The Morgan fingerprint density at radius 1 is 1.21 bits per heavy atom. The minimum atomic E-state index is -0.202. The van der Waals surface area contributed by atoms with Crippen LogP contribution >= 0.6 is 11.6 Å². The Morgan fingerprint density at radius 2 is 2.00 bits per heavy atom. The Morgan fingerprint density at radius 3 is 2.73 bits per heavy atom. The lowest BCUT2D eigenvalue weighted by molar-refractivity contribution is -0.137. The molecule has 1 aromatic heterocycles. The molecule has 9 heteroatoms. The van der Waals surface area contributed by atoms with Crippen molar-refractivity contribution in [3.05, 3.63) is 46.3 Å². The summed E-state index contributed by atoms with van der Waals surface area (Å²) >= 11 is 6.13. The zero-order valence-corrected chi connectivity index (χ0v) is 19.8. The van der Waals surface area contributed by atoms with Gasteiger partial charge in [-0.3, -0.25) is 9.59 Å². The number of nitrogens with zero attached hydrogens (tertiary/aromatic N) is 3. The molecule has 178 valence electrons. The van der Waals surface area contributed by atoms with E-state index in [4.69, 9.17) is 25.6 Å². The Labute approximate surface area is 198 Å². The Balaban J connectivity index is 1.52. The zero-order chi connectivity index (χ0) is 23.4. The Bertz CT molecular complexity index is 988. The number of rotatable bonds is 6. The summed E-state index contributed by atoms with van der Waals surface area (Å²) in [7, 11) is 0. The number of carbonyl (C=O) groups is 2. The average molecular weight is 476 g/mol. The lowest BCUT2D eigenvalue weighted by Crippen LogP contribution is -2.50. The fourth-order valence-electron chi connectivity index (χ4n) is 4.52. The van der Waals surface area contributed by atoms with Crippen molar-refractivity contribution in [2.45, 2.75) is 39.2 Å². The van der Waals surface area contributed by atoms with Gasteiger partial charge in [0.2, 0.25) is 5.91 Å². The molecule has 0 saturated carbocycles. The summed E-state index contributed by atoms with van der Waals surface area (Å²) < 4.78 is 16.9. The maximum Gasteiger partial charge on any atom is 0.259 e. The summed E-state index contributed by atoms with van der Waals surface area (Å²) in [5.41, 5.74) is 1.20. The molecule has 2 amide bonds. The largest absolute Gasteiger partial charge is 0.490 e. The molecule has 2 saturated heterocycles. The molecule has 2 atom stereocenters. The predicted octanol–water partition coefficient (Wildman–Crippen LogP) is 3.36. The minimum Gasteiger partial charge on any atom is -0.490 e. The highest BCUT2D eigenvalue weighted by atomic mass is 35.5. The summed E-state index contributed by atoms with van der Waals surface area (Å²) in [6.07, 6.45) is 1.33. The molecule has 2 aliphatic heterocycles. The number of halogens is 1. The average Bonchev–Trinajstić information content (AvgIpc) is 3.20. The summed E-state index contributed by atoms with van der Waals surface area (Å²) in [6.45, 7) is 6.94. The number of carbonyl (C=O) groups excluding carboxylic acids is 2. The molecule has 2 aliphatic rings. The number of morpholine rings is 1. The van der Waals surface area contributed by atoms with E-state index in [1.165, 1.54) is 0 Å². The van der Waals surface area contributed by atoms with Gasteiger partial charge in [-0.2, -0.15) is 0 Å². The summed E-state index contributed by atoms with van der Waals surface area (Å²) in [6, 6.07) is 7.26. The smallest absolute Gasteiger partial charge is 0.259 e. The van der Waals surface area contributed by atoms with Crippen LogP contribution in [0.1, 0.15) is 41.6 Å². The first-order chi connectivity index (χ1) is 16.0. The van der Waals surface area contributed by atoms with Gasteiger partial charge in [-0.1, -0.05) is 29.7 Å². The molecular weight excluding hydrogens is 446 g/mol. The Hall–Kier alpha value is -2.58. The fraction of sp³-hybridized carbons (Fsp3) is 0.542. The molecule has 2 fully saturated rings. The summed E-state index contributed by atoms with van der Waals surface area (Å²) in [4.78, 5) is 30.0. The van der Waals surface area contributed by atoms with E-state index >= 15 is 0 Å². The van der Waals surface area contributed by atoms with Gasteiger partial charge in [0.15, 0.2) is 0 Å². The second-order valence-corrected chi connectivity index (χ2v) is 8.96. The van der Waals surface area contributed by atoms with Gasteiger partial charge in [-0.05, 0) is 31.5 Å². The number of aryl methyl sites for hydroxylation is 2. The Kier molecular flexibility index (Phi) is 7.55. The maximum absolute atomic E-state index is 13.4. The van der Waals surface area contributed by atoms with E-state index in [0.29, 0.717) is 86.4 Å². The van der Waals surface area contributed by atoms with Gasteiger partial charge < -0.3 is 23.8 Å². The van der Waals surface area contributed by atoms with Crippen molar-refractivity contribution in [3.8, 4) is 5.75 Å². The molecule has 1 aromatic carbocycles. The van der Waals surface area contributed by atoms with Gasteiger partial charge in [-0.15, -0.1) is 0 Å². The normalized spacial score (nSPS) is 21.2. The molecule has 4 rings (SSSR count). The van der Waals surface area contributed by atoms with E-state index in [2.05, 4.69) is 5.16 Å². The van der Waals surface area contributed by atoms with Crippen LogP contribution in [0.4, 0.5) is 0 Å². The molecule has 0 spiro atoms. The van der Waals surface area contributed by atoms with Crippen LogP contribution in [0.25, 0.3) is 0 Å². The number of hydrogen-bond donors (Lipinski definition) is 0. The van der Waals surface area contributed by atoms with Crippen LogP contribution in [0.15, 0.2) is 28.8 Å². The first-order valence-electron chi connectivity index (χ1n) is 11.5. The highest BCUT2D eigenvalue weighted by molar-refractivity contribution is 6.30. The predicted molar refractivity (Wildman–Crippen MR) is 123 cm³/mol. The monoisotopic (exact) mass is 475 g/mol. The minimum absolute atomic E-state index is 0.0627. The van der Waals surface area contributed by atoms with E-state index in [9.17, 15) is 9.59 Å². The third kappa shape index (κ3) is 5.50. The van der Waals surface area contributed by atoms with E-state index < -0.39 is 0 Å². The third-order valence-corrected chi connectivity index (χ3v) is 6.55. The van der Waals surface area contributed by atoms with Gasteiger partial charge >= 0.3 is 0 Å². The van der Waals surface area contributed by atoms with Crippen LogP contribution in [0.3, 0.4) is 0 Å². The van der Waals surface area contributed by atoms with E-state index in [-0.39, 0.29) is 23.8 Å². The lowest BCUT2D eigenvalue weighted by Gasteiger charge is -2.39. The zero-order valence-electron chi connectivity index (χ0n) is 19.1. The number of aromatic nitrogens is 1. The first-order valence-corrected chi connectivity index (χ1v) is 11.9. The molecule has 3 heterocycles. The van der Waals surface area contributed by atoms with Crippen LogP contribution in [0.5, 0.6) is 5.75 Å². The van der Waals surface area contributed by atoms with Crippen LogP contribution < -0.4 is 4.74 Å². The van der Waals surface area contributed by atoms with E-state index in [0.717, 1.165) is 0 Å². The van der Waals surface area contributed by atoms with Crippen LogP contribution in [-0.4, -0.2) is 72.3 Å². The molecule has 8 nitrogen and oxygen atoms in total. The topological polar surface area (TPSA) is 85.1 Å². The quantitative estimate of drug-likeness (QED) is 0.637. The summed E-state index contributed by atoms with van der Waals surface area (Å²) in [5, 5.41) is 4.62. The van der Waals surface area contributed by atoms with E-state index in [1.54, 1.807) is 24.0 Å². The fourth-order valence-corrected chi connectivity index (χ4v) is 4.70. The lowest BCUT2D eigenvalue weighted by atomic mass is 9.90. The van der Waals surface area contributed by atoms with Crippen molar-refractivity contribution in [3.63, 3.8) is 0 Å². The van der Waals surface area contributed by atoms with Crippen molar-refractivity contribution >= 4 is 23.4 Å². The van der Waals surface area contributed by atoms with Crippen LogP contribution in [-0.2, 0) is 16.0 Å². The van der Waals surface area contributed by atoms with Gasteiger partial charge in [0.05, 0.1) is 18.9 Å². The van der Waals surface area contributed by atoms with Gasteiger partial charge in [0.1, 0.15) is 23.2 Å². The molecule has 0 N–H and O–H groups in total. The van der Waals surface area contributed by atoms with Crippen molar-refractivity contribution in [1.29, 1.82) is 0 Å². The SMILES string of the molecule is CCc1noc(C)c1C(=O)N1CC[C@H](Oc2cccc(Cl)c2)[C@@H](CC(=O)N2CCOCC2)C1. The highest BCUT2D eigenvalue weighted by Gasteiger charge is 2.37. The van der Waals surface area contributed by atoms with Gasteiger partial charge in [0, 0.05) is 50.0 Å². The third-order valence-electron chi connectivity index (χ3n) is 6.32. The van der Waals surface area contributed by atoms with Crippen molar-refractivity contribution in [2.24, 2.45) is 5.92 Å². The second kappa shape index (κ2) is 10.6. The molecule has 2 aromatic rings. The van der Waals surface area contributed by atoms with Crippen molar-refractivity contribution in [1.82, 2.24) is 15.0 Å². The number of amides is 2. The first kappa shape index (κ1) is 23.6. The summed E-state index contributed by atoms with van der Waals surface area (Å²) in [5.74, 6) is 1.000. The van der Waals surface area contributed by atoms with Crippen molar-refractivity contribution < 1.29 is 23.6 Å². The molecular formula is C24H30ClN3O5. The molecule has 0 radical (unpaired) electrons. The number of ether oxygens (including phenoxy) is 2. The number of hydrogen-bond acceptors (Lipinski definition) is 6. The molecule has 0 unspecified atom stereocenters. The van der Waals surface area contributed by atoms with Crippen molar-refractivity contribution in [2.75, 3.05) is 39.4 Å². The van der Waals surface area contributed by atoms with Gasteiger partial charge in [0.25, 0.3) is 5.91 Å². The second-order valence-electron chi connectivity index (χ2n) is 8.52. The molecule has 0 bridgehead atoms. The van der Waals surface area contributed by atoms with Crippen LogP contribution in [0.2, 0.25) is 5.02 Å². The van der Waals surface area contributed by atoms with E-state index in [1.807, 2.05) is 24.0 Å². The highest BCUT2D eigenvalue weighted by Crippen LogP contribution is 2.29. The molecule has 0 aliphatic carbocycles. The van der Waals surface area contributed by atoms with Gasteiger partial charge in [-0.25, -0.2) is 0 Å². The number of likely N-dealkylation sites (tertiary alicyclic amines) is 1. The number of piperidine rings is 1. The number of benzene rings is 1. The standard InChI is InChI=1S/C24H30ClN3O5/c1-3-20-23(16(2)33-26-20)24(30)28-8-7-21(32-19-6-4-5-18(25)14-19)17(15-28)13-22(29)27-9-11-31-12-10-27/h4-6,14,17,21H,3,7-13,15H2,1-2H3/t17-,21-/m0/s1. The van der Waals surface area contributed by atoms with Crippen LogP contribution in [0, 0.1) is 12.8 Å².